The largest absolute Gasteiger partial charge is 0.382 e. The van der Waals surface area contributed by atoms with Gasteiger partial charge in [-0.05, 0) is 80.0 Å². The van der Waals surface area contributed by atoms with Crippen molar-refractivity contribution in [3.63, 3.8) is 0 Å². The first-order valence-electron chi connectivity index (χ1n) is 10.7. The number of piperidine rings is 1. The summed E-state index contributed by atoms with van der Waals surface area (Å²) in [4.78, 5) is 17.2. The lowest BCUT2D eigenvalue weighted by atomic mass is 10.0. The van der Waals surface area contributed by atoms with Crippen molar-refractivity contribution in [2.24, 2.45) is 0 Å². The first-order valence-corrected chi connectivity index (χ1v) is 11.0. The van der Waals surface area contributed by atoms with E-state index in [-0.39, 0.29) is 5.39 Å². The Morgan fingerprint density at radius 3 is 2.65 bits per heavy atom. The third-order valence-electron chi connectivity index (χ3n) is 6.07. The normalized spacial score (nSPS) is 16.5. The van der Waals surface area contributed by atoms with Crippen molar-refractivity contribution >= 4 is 28.1 Å². The molecule has 4 rings (SSSR count). The Kier molecular flexibility index (Phi) is 6.60. The second-order valence-corrected chi connectivity index (χ2v) is 8.69. The van der Waals surface area contributed by atoms with Crippen LogP contribution in [0.1, 0.15) is 30.5 Å². The number of pyridine rings is 1. The van der Waals surface area contributed by atoms with Gasteiger partial charge >= 0.3 is 0 Å². The van der Waals surface area contributed by atoms with Crippen molar-refractivity contribution in [3.8, 4) is 0 Å². The number of aliphatic hydroxyl groups is 1. The molecule has 0 bridgehead atoms. The molecule has 1 unspecified atom stereocenters. The van der Waals surface area contributed by atoms with E-state index < -0.39 is 17.6 Å². The maximum absolute atomic E-state index is 14.0. The first kappa shape index (κ1) is 21.8. The molecule has 1 aromatic heterocycles. The summed E-state index contributed by atoms with van der Waals surface area (Å²) in [7, 11) is 0. The number of aromatic nitrogens is 1. The summed E-state index contributed by atoms with van der Waals surface area (Å²) in [5, 5.41) is 15.6. The molecule has 7 heteroatoms. The molecule has 2 heterocycles. The summed E-state index contributed by atoms with van der Waals surface area (Å²) in [6, 6.07) is 12.9. The molecule has 3 N–H and O–H groups in total. The number of fused-ring (bicyclic) bond motifs is 1. The quantitative estimate of drug-likeness (QED) is 0.526. The van der Waals surface area contributed by atoms with Crippen molar-refractivity contribution in [2.45, 2.75) is 44.9 Å². The molecule has 2 aromatic carbocycles. The molecule has 3 aromatic rings. The van der Waals surface area contributed by atoms with Gasteiger partial charge in [-0.3, -0.25) is 9.69 Å². The van der Waals surface area contributed by atoms with Crippen LogP contribution in [-0.4, -0.2) is 40.3 Å². The van der Waals surface area contributed by atoms with E-state index in [1.54, 1.807) is 6.07 Å². The van der Waals surface area contributed by atoms with E-state index >= 15 is 0 Å². The summed E-state index contributed by atoms with van der Waals surface area (Å²) in [6.07, 6.45) is 2.32. The molecule has 0 amide bonds. The number of hydrogen-bond acceptors (Lipinski definition) is 4. The van der Waals surface area contributed by atoms with Gasteiger partial charge in [0.05, 0.1) is 5.39 Å². The Balaban J connectivity index is 1.32. The molecular weight excluding hydrogens is 417 g/mol. The number of nitrogens with one attached hydrogen (secondary N) is 2. The lowest BCUT2D eigenvalue weighted by Crippen LogP contribution is -2.44. The zero-order valence-corrected chi connectivity index (χ0v) is 18.3. The fourth-order valence-electron chi connectivity index (χ4n) is 4.26. The highest BCUT2D eigenvalue weighted by atomic mass is 35.5. The number of halogens is 2. The van der Waals surface area contributed by atoms with Crippen molar-refractivity contribution in [1.29, 1.82) is 0 Å². The Bertz CT molecular complexity index is 1110. The second kappa shape index (κ2) is 9.39. The molecule has 0 radical (unpaired) electrons. The number of H-pyrrole nitrogens is 1. The Labute approximate surface area is 185 Å². The van der Waals surface area contributed by atoms with Crippen LogP contribution in [0, 0.1) is 12.7 Å². The van der Waals surface area contributed by atoms with E-state index in [1.165, 1.54) is 6.07 Å². The third kappa shape index (κ3) is 5.09. The zero-order valence-electron chi connectivity index (χ0n) is 17.5. The van der Waals surface area contributed by atoms with Crippen molar-refractivity contribution in [3.05, 3.63) is 74.9 Å². The number of aliphatic hydroxyl groups excluding tert-OH is 1. The van der Waals surface area contributed by atoms with Gasteiger partial charge in [0, 0.05) is 35.5 Å². The van der Waals surface area contributed by atoms with Gasteiger partial charge in [-0.1, -0.05) is 17.7 Å². The molecule has 164 valence electrons. The van der Waals surface area contributed by atoms with Crippen LogP contribution < -0.4 is 10.9 Å². The maximum Gasteiger partial charge on any atom is 0.259 e. The van der Waals surface area contributed by atoms with Gasteiger partial charge in [0.1, 0.15) is 12.0 Å². The zero-order chi connectivity index (χ0) is 22.0. The van der Waals surface area contributed by atoms with Crippen molar-refractivity contribution in [1.82, 2.24) is 9.88 Å². The lowest BCUT2D eigenvalue weighted by Gasteiger charge is -2.35. The minimum absolute atomic E-state index is 0.0968. The molecule has 1 saturated heterocycles. The maximum atomic E-state index is 14.0. The molecule has 1 aliphatic heterocycles. The van der Waals surface area contributed by atoms with Gasteiger partial charge in [0.2, 0.25) is 0 Å². The Morgan fingerprint density at radius 1 is 1.23 bits per heavy atom. The predicted octanol–water partition coefficient (Wildman–Crippen LogP) is 4.46. The molecule has 0 spiro atoms. The summed E-state index contributed by atoms with van der Waals surface area (Å²) in [5.74, 6) is -0.511. The minimum Gasteiger partial charge on any atom is -0.382 e. The number of rotatable bonds is 6. The highest BCUT2D eigenvalue weighted by Gasteiger charge is 2.23. The monoisotopic (exact) mass is 443 g/mol. The summed E-state index contributed by atoms with van der Waals surface area (Å²) < 4.78 is 14.0. The van der Waals surface area contributed by atoms with Crippen molar-refractivity contribution < 1.29 is 9.50 Å². The van der Waals surface area contributed by atoms with E-state index in [2.05, 4.69) is 15.2 Å². The summed E-state index contributed by atoms with van der Waals surface area (Å²) in [6.45, 7) is 3.46. The van der Waals surface area contributed by atoms with Crippen LogP contribution in [0.5, 0.6) is 0 Å². The Morgan fingerprint density at radius 2 is 1.94 bits per heavy atom. The van der Waals surface area contributed by atoms with Gasteiger partial charge in [0.25, 0.3) is 5.56 Å². The molecule has 1 aliphatic rings. The predicted molar refractivity (Wildman–Crippen MR) is 123 cm³/mol. The average Bonchev–Trinajstić information content (AvgIpc) is 2.76. The minimum atomic E-state index is -0.579. The third-order valence-corrected chi connectivity index (χ3v) is 6.32. The van der Waals surface area contributed by atoms with Crippen molar-refractivity contribution in [2.75, 3.05) is 18.4 Å². The smallest absolute Gasteiger partial charge is 0.259 e. The summed E-state index contributed by atoms with van der Waals surface area (Å²) >= 11 is 5.94. The number of aryl methyl sites for hydroxylation is 2. The highest BCUT2D eigenvalue weighted by molar-refractivity contribution is 6.30. The topological polar surface area (TPSA) is 68.4 Å². The van der Waals surface area contributed by atoms with Crippen LogP contribution in [-0.2, 0) is 6.42 Å². The standard InChI is InChI=1S/C24H27ClFN3O2/c1-15-2-8-21(26)23-20(15)14-19(28-24(23)31)7-9-22(30)29-12-10-18(11-13-29)27-17-5-3-16(25)4-6-17/h2-6,8,14,18,22,27,30H,7,9-13H2,1H3,(H,28,31). The Hall–Kier alpha value is -2.41. The van der Waals surface area contributed by atoms with Crippen LogP contribution >= 0.6 is 11.6 Å². The first-order chi connectivity index (χ1) is 14.9. The van der Waals surface area contributed by atoms with Gasteiger partial charge < -0.3 is 15.4 Å². The fraction of sp³-hybridized carbons (Fsp3) is 0.375. The number of anilines is 1. The van der Waals surface area contributed by atoms with E-state index in [0.717, 1.165) is 42.2 Å². The molecule has 1 fully saturated rings. The van der Waals surface area contributed by atoms with Crippen LogP contribution in [0.25, 0.3) is 10.8 Å². The van der Waals surface area contributed by atoms with Gasteiger partial charge in [0.15, 0.2) is 0 Å². The van der Waals surface area contributed by atoms with Crippen LogP contribution in [0.15, 0.2) is 47.3 Å². The van der Waals surface area contributed by atoms with E-state index in [4.69, 9.17) is 11.6 Å². The van der Waals surface area contributed by atoms with Gasteiger partial charge in [-0.15, -0.1) is 0 Å². The van der Waals surface area contributed by atoms with Gasteiger partial charge in [-0.2, -0.15) is 0 Å². The van der Waals surface area contributed by atoms with Crippen LogP contribution in [0.3, 0.4) is 0 Å². The SMILES string of the molecule is Cc1ccc(F)c2c(=O)[nH]c(CCC(O)N3CCC(Nc4ccc(Cl)cc4)CC3)cc12. The number of benzene rings is 2. The second-order valence-electron chi connectivity index (χ2n) is 8.26. The highest BCUT2D eigenvalue weighted by Crippen LogP contribution is 2.22. The van der Waals surface area contributed by atoms with E-state index in [0.29, 0.717) is 30.0 Å². The summed E-state index contributed by atoms with van der Waals surface area (Å²) in [5.41, 5.74) is 2.21. The fourth-order valence-corrected chi connectivity index (χ4v) is 4.38. The number of aromatic amines is 1. The van der Waals surface area contributed by atoms with Gasteiger partial charge in [-0.25, -0.2) is 4.39 Å². The molecule has 1 atom stereocenters. The molecule has 5 nitrogen and oxygen atoms in total. The van der Waals surface area contributed by atoms with Crippen LogP contribution in [0.2, 0.25) is 5.02 Å². The molecule has 0 saturated carbocycles. The number of nitrogens with zero attached hydrogens (tertiary/aromatic N) is 1. The number of hydrogen-bond donors (Lipinski definition) is 3. The molecule has 31 heavy (non-hydrogen) atoms. The van der Waals surface area contributed by atoms with Crippen LogP contribution in [0.4, 0.5) is 10.1 Å². The average molecular weight is 444 g/mol. The molecular formula is C24H27ClFN3O2. The lowest BCUT2D eigenvalue weighted by molar-refractivity contribution is -0.0147. The molecule has 0 aliphatic carbocycles. The van der Waals surface area contributed by atoms with E-state index in [9.17, 15) is 14.3 Å². The van der Waals surface area contributed by atoms with E-state index in [1.807, 2.05) is 37.3 Å². The number of likely N-dealkylation sites (tertiary alicyclic amines) is 1.